The summed E-state index contributed by atoms with van der Waals surface area (Å²) in [6, 6.07) is 7.45. The first-order chi connectivity index (χ1) is 19.4. The molecule has 10 heteroatoms. The topological polar surface area (TPSA) is 51.2 Å². The highest BCUT2D eigenvalue weighted by Gasteiger charge is 2.55. The predicted molar refractivity (Wildman–Crippen MR) is 139 cm³/mol. The zero-order valence-corrected chi connectivity index (χ0v) is 22.7. The molecule has 1 aromatic heterocycles. The zero-order chi connectivity index (χ0) is 29.0. The summed E-state index contributed by atoms with van der Waals surface area (Å²) in [6.07, 6.45) is -3.15. The average Bonchev–Trinajstić information content (AvgIpc) is 3.48. The Bertz CT molecular complexity index is 1290. The molecule has 6 rings (SSSR count). The number of halogens is 6. The lowest BCUT2D eigenvalue weighted by molar-refractivity contribution is -0.201. The number of alkyl halides is 6. The van der Waals surface area contributed by atoms with Crippen molar-refractivity contribution in [2.75, 3.05) is 0 Å². The Morgan fingerprint density at radius 1 is 1.10 bits per heavy atom. The Hall–Kier alpha value is -2.62. The molecule has 2 heterocycles. The van der Waals surface area contributed by atoms with Gasteiger partial charge in [-0.15, -0.1) is 0 Å². The molecular weight excluding hydrogens is 546 g/mol. The number of ketones is 1. The van der Waals surface area contributed by atoms with Crippen molar-refractivity contribution in [3.05, 3.63) is 58.9 Å². The van der Waals surface area contributed by atoms with Gasteiger partial charge < -0.3 is 10.1 Å². The van der Waals surface area contributed by atoms with Crippen molar-refractivity contribution in [1.29, 1.82) is 0 Å². The largest absolute Gasteiger partial charge is 0.481 e. The number of para-hydroxylation sites is 1. The van der Waals surface area contributed by atoms with E-state index in [0.29, 0.717) is 48.9 Å². The Labute approximate surface area is 235 Å². The molecule has 41 heavy (non-hydrogen) atoms. The van der Waals surface area contributed by atoms with Gasteiger partial charge in [-0.2, -0.15) is 26.3 Å². The van der Waals surface area contributed by atoms with E-state index in [9.17, 15) is 31.1 Å². The van der Waals surface area contributed by atoms with E-state index in [1.807, 2.05) is 0 Å². The van der Waals surface area contributed by atoms with Crippen LogP contribution in [0.5, 0.6) is 5.75 Å². The summed E-state index contributed by atoms with van der Waals surface area (Å²) >= 11 is 0. The number of benzene rings is 1. The maximum Gasteiger partial charge on any atom is 0.425 e. The summed E-state index contributed by atoms with van der Waals surface area (Å²) in [4.78, 5) is 17.8. The number of carbonyl (C=O) groups is 1. The van der Waals surface area contributed by atoms with Gasteiger partial charge in [0.2, 0.25) is 0 Å². The number of Topliss-reactive ketones (excluding diaryl/α,β-unsaturated/α-hetero) is 1. The standard InChI is InChI=1S/C31H34F6N2O2/c32-30(33,34)21-13-19-12-18(7-9-24(19)38-17-21)8-10-27(40)29-11-3-4-20(29)14-22(16-29)39-25-15-28(31(35,36)37)41-26-6-2-1-5-23(25)26/h1-2,5-6,13,17-18,20,22,25,28,39H,3-4,7-12,14-16H2. The number of aryl methyl sites for hydroxylation is 1. The van der Waals surface area contributed by atoms with Crippen molar-refractivity contribution in [2.45, 2.75) is 101 Å². The molecule has 2 fully saturated rings. The summed E-state index contributed by atoms with van der Waals surface area (Å²) in [7, 11) is 0. The third-order valence-electron chi connectivity index (χ3n) is 9.97. The van der Waals surface area contributed by atoms with Crippen molar-refractivity contribution in [2.24, 2.45) is 17.3 Å². The fourth-order valence-corrected chi connectivity index (χ4v) is 7.97. The molecule has 4 aliphatic rings. The van der Waals surface area contributed by atoms with Gasteiger partial charge in [0.15, 0.2) is 6.10 Å². The fraction of sp³-hybridized carbons (Fsp3) is 0.613. The number of pyridine rings is 1. The number of ether oxygens (including phenoxy) is 1. The zero-order valence-electron chi connectivity index (χ0n) is 22.7. The SMILES string of the molecule is O=C(CCC1CCc2ncc(C(F)(F)F)cc2C1)C12CCCC1CC(NC1CC(C(F)(F)F)Oc3ccccc31)C2. The molecule has 2 aromatic rings. The van der Waals surface area contributed by atoms with Crippen LogP contribution in [0, 0.1) is 17.3 Å². The molecule has 3 aliphatic carbocycles. The van der Waals surface area contributed by atoms with Crippen molar-refractivity contribution in [1.82, 2.24) is 10.3 Å². The Balaban J connectivity index is 1.11. The van der Waals surface area contributed by atoms with Crippen molar-refractivity contribution in [3.8, 4) is 5.75 Å². The van der Waals surface area contributed by atoms with Gasteiger partial charge in [-0.3, -0.25) is 9.78 Å². The van der Waals surface area contributed by atoms with Gasteiger partial charge in [0.1, 0.15) is 11.5 Å². The van der Waals surface area contributed by atoms with Crippen LogP contribution >= 0.6 is 0 Å². The van der Waals surface area contributed by atoms with Crippen LogP contribution < -0.4 is 10.1 Å². The number of fused-ring (bicyclic) bond motifs is 3. The molecule has 1 aliphatic heterocycles. The quantitative estimate of drug-likeness (QED) is 0.359. The second-order valence-electron chi connectivity index (χ2n) is 12.4. The van der Waals surface area contributed by atoms with Crippen LogP contribution in [0.3, 0.4) is 0 Å². The second-order valence-corrected chi connectivity index (χ2v) is 12.4. The molecule has 1 aromatic carbocycles. The van der Waals surface area contributed by atoms with Gasteiger partial charge in [-0.05, 0) is 80.9 Å². The molecule has 6 unspecified atom stereocenters. The predicted octanol–water partition coefficient (Wildman–Crippen LogP) is 7.55. The lowest BCUT2D eigenvalue weighted by Crippen LogP contribution is -2.44. The molecule has 0 saturated heterocycles. The molecule has 0 amide bonds. The minimum atomic E-state index is -4.47. The van der Waals surface area contributed by atoms with Crippen LogP contribution in [0.1, 0.15) is 86.2 Å². The number of hydrogen-bond donors (Lipinski definition) is 1. The van der Waals surface area contributed by atoms with Gasteiger partial charge >= 0.3 is 12.4 Å². The number of hydrogen-bond acceptors (Lipinski definition) is 4. The number of nitrogens with one attached hydrogen (secondary N) is 1. The van der Waals surface area contributed by atoms with Crippen LogP contribution in [0.15, 0.2) is 36.5 Å². The Morgan fingerprint density at radius 3 is 2.68 bits per heavy atom. The van der Waals surface area contributed by atoms with Gasteiger partial charge in [0, 0.05) is 47.8 Å². The molecule has 2 saturated carbocycles. The summed E-state index contributed by atoms with van der Waals surface area (Å²) in [5.74, 6) is 0.778. The first kappa shape index (κ1) is 28.5. The van der Waals surface area contributed by atoms with E-state index in [2.05, 4.69) is 10.3 Å². The smallest absolute Gasteiger partial charge is 0.425 e. The normalized spacial score (nSPS) is 31.2. The van der Waals surface area contributed by atoms with E-state index in [4.69, 9.17) is 4.74 Å². The summed E-state index contributed by atoms with van der Waals surface area (Å²) < 4.78 is 85.7. The molecule has 222 valence electrons. The molecule has 4 nitrogen and oxygen atoms in total. The molecule has 0 radical (unpaired) electrons. The van der Waals surface area contributed by atoms with Crippen LogP contribution in [-0.2, 0) is 23.8 Å². The summed E-state index contributed by atoms with van der Waals surface area (Å²) in [5.41, 5.74) is 0.843. The monoisotopic (exact) mass is 580 g/mol. The number of nitrogens with zero attached hydrogens (tertiary/aromatic N) is 1. The highest BCUT2D eigenvalue weighted by atomic mass is 19.4. The van der Waals surface area contributed by atoms with Crippen molar-refractivity contribution in [3.63, 3.8) is 0 Å². The van der Waals surface area contributed by atoms with Crippen molar-refractivity contribution >= 4 is 5.78 Å². The number of carbonyl (C=O) groups excluding carboxylic acids is 1. The van der Waals surface area contributed by atoms with Gasteiger partial charge in [0.25, 0.3) is 0 Å². The highest BCUT2D eigenvalue weighted by Crippen LogP contribution is 2.56. The minimum Gasteiger partial charge on any atom is -0.481 e. The third kappa shape index (κ3) is 5.60. The lowest BCUT2D eigenvalue weighted by atomic mass is 9.73. The van der Waals surface area contributed by atoms with E-state index in [0.717, 1.165) is 38.3 Å². The maximum atomic E-state index is 13.8. The maximum absolute atomic E-state index is 13.8. The van der Waals surface area contributed by atoms with Gasteiger partial charge in [-0.25, -0.2) is 0 Å². The average molecular weight is 581 g/mol. The molecule has 0 spiro atoms. The van der Waals surface area contributed by atoms with Crippen molar-refractivity contribution < 1.29 is 35.9 Å². The van der Waals surface area contributed by atoms with E-state index >= 15 is 0 Å². The van der Waals surface area contributed by atoms with Gasteiger partial charge in [0.05, 0.1) is 5.56 Å². The van der Waals surface area contributed by atoms with E-state index < -0.39 is 35.5 Å². The number of rotatable bonds is 6. The summed E-state index contributed by atoms with van der Waals surface area (Å²) in [5, 5.41) is 3.49. The van der Waals surface area contributed by atoms with E-state index in [1.54, 1.807) is 24.3 Å². The fourth-order valence-electron chi connectivity index (χ4n) is 7.97. The lowest BCUT2D eigenvalue weighted by Gasteiger charge is -2.35. The second kappa shape index (κ2) is 10.6. The Kier molecular flexibility index (Phi) is 7.35. The number of aromatic nitrogens is 1. The molecule has 1 N–H and O–H groups in total. The molecule has 6 atom stereocenters. The van der Waals surface area contributed by atoms with Crippen LogP contribution in [0.2, 0.25) is 0 Å². The first-order valence-corrected chi connectivity index (χ1v) is 14.6. The van der Waals surface area contributed by atoms with E-state index in [1.165, 1.54) is 6.07 Å². The minimum absolute atomic E-state index is 0.0669. The van der Waals surface area contributed by atoms with Gasteiger partial charge in [-0.1, -0.05) is 24.6 Å². The van der Waals surface area contributed by atoms with Crippen LogP contribution in [0.25, 0.3) is 0 Å². The highest BCUT2D eigenvalue weighted by molar-refractivity contribution is 5.86. The van der Waals surface area contributed by atoms with E-state index in [-0.39, 0.29) is 35.8 Å². The van der Waals surface area contributed by atoms with Crippen LogP contribution in [0.4, 0.5) is 26.3 Å². The third-order valence-corrected chi connectivity index (χ3v) is 9.97. The Morgan fingerprint density at radius 2 is 1.90 bits per heavy atom. The molecular formula is C31H34F6N2O2. The molecule has 0 bridgehead atoms. The first-order valence-electron chi connectivity index (χ1n) is 14.6. The summed E-state index contributed by atoms with van der Waals surface area (Å²) in [6.45, 7) is 0. The van der Waals surface area contributed by atoms with Crippen LogP contribution in [-0.4, -0.2) is 29.1 Å².